The summed E-state index contributed by atoms with van der Waals surface area (Å²) in [5, 5.41) is 15.0. The van der Waals surface area contributed by atoms with Gasteiger partial charge in [-0.2, -0.15) is 0 Å². The molecule has 0 radical (unpaired) electrons. The minimum absolute atomic E-state index is 0.684. The zero-order chi connectivity index (χ0) is 8.55. The number of rotatable bonds is 1. The van der Waals surface area contributed by atoms with Crippen LogP contribution in [0.1, 0.15) is 11.8 Å². The van der Waals surface area contributed by atoms with Gasteiger partial charge < -0.3 is 5.21 Å². The van der Waals surface area contributed by atoms with E-state index < -0.39 is 0 Å². The van der Waals surface area contributed by atoms with Crippen molar-refractivity contribution in [1.29, 1.82) is 0 Å². The van der Waals surface area contributed by atoms with Gasteiger partial charge in [-0.25, -0.2) is 0 Å². The van der Waals surface area contributed by atoms with Crippen LogP contribution < -0.4 is 0 Å². The topological polar surface area (TPSA) is 32.6 Å². The first-order valence-corrected chi connectivity index (χ1v) is 5.17. The van der Waals surface area contributed by atoms with E-state index in [2.05, 4.69) is 16.6 Å². The minimum atomic E-state index is 0.684. The van der Waals surface area contributed by atoms with Gasteiger partial charge in [0.25, 0.3) is 0 Å². The van der Waals surface area contributed by atoms with Crippen molar-refractivity contribution >= 4 is 37.8 Å². The van der Waals surface area contributed by atoms with Crippen molar-refractivity contribution in [2.75, 3.05) is 0 Å². The highest BCUT2D eigenvalue weighted by atomic mass is 32.2. The Kier molecular flexibility index (Phi) is 1.86. The summed E-state index contributed by atoms with van der Waals surface area (Å²) in [6.07, 6.45) is 0. The second kappa shape index (κ2) is 2.88. The Morgan fingerprint density at radius 3 is 3.08 bits per heavy atom. The van der Waals surface area contributed by atoms with E-state index in [0.29, 0.717) is 5.71 Å². The molecule has 2 heterocycles. The van der Waals surface area contributed by atoms with E-state index in [1.54, 1.807) is 29.6 Å². The molecule has 0 aromatic carbocycles. The molecule has 0 saturated carbocycles. The average molecular weight is 197 g/mol. The van der Waals surface area contributed by atoms with Gasteiger partial charge in [-0.05, 0) is 24.4 Å². The van der Waals surface area contributed by atoms with Gasteiger partial charge in [0.15, 0.2) is 0 Å². The van der Waals surface area contributed by atoms with Crippen molar-refractivity contribution in [3.8, 4) is 0 Å². The Morgan fingerprint density at radius 2 is 2.42 bits per heavy atom. The molecule has 0 fully saturated rings. The third kappa shape index (κ3) is 1.13. The summed E-state index contributed by atoms with van der Waals surface area (Å²) < 4.78 is 1.29. The fourth-order valence-electron chi connectivity index (χ4n) is 0.993. The third-order valence-electron chi connectivity index (χ3n) is 1.65. The number of fused-ring (bicyclic) bond motifs is 1. The molecular weight excluding hydrogens is 190 g/mol. The normalized spacial score (nSPS) is 12.6. The van der Waals surface area contributed by atoms with Crippen LogP contribution in [0.15, 0.2) is 22.7 Å². The van der Waals surface area contributed by atoms with E-state index in [-0.39, 0.29) is 0 Å². The van der Waals surface area contributed by atoms with Crippen LogP contribution in [-0.4, -0.2) is 10.9 Å². The highest BCUT2D eigenvalue weighted by molar-refractivity contribution is 7.38. The van der Waals surface area contributed by atoms with Crippen LogP contribution in [0.25, 0.3) is 9.40 Å². The first-order valence-electron chi connectivity index (χ1n) is 3.47. The van der Waals surface area contributed by atoms with Crippen LogP contribution in [0, 0.1) is 0 Å². The van der Waals surface area contributed by atoms with Crippen LogP contribution in [0.3, 0.4) is 0 Å². The number of thiophene rings is 2. The fraction of sp³-hybridized carbons (Fsp3) is 0.125. The van der Waals surface area contributed by atoms with E-state index in [1.807, 2.05) is 6.07 Å². The molecule has 0 bridgehead atoms. The van der Waals surface area contributed by atoms with Gasteiger partial charge >= 0.3 is 0 Å². The summed E-state index contributed by atoms with van der Waals surface area (Å²) in [7, 11) is 0. The van der Waals surface area contributed by atoms with Crippen LogP contribution in [0.2, 0.25) is 0 Å². The molecule has 2 aromatic rings. The molecule has 4 heteroatoms. The quantitative estimate of drug-likeness (QED) is 0.425. The van der Waals surface area contributed by atoms with Crippen molar-refractivity contribution in [3.63, 3.8) is 0 Å². The number of hydrogen-bond donors (Lipinski definition) is 1. The number of oxime groups is 1. The highest BCUT2D eigenvalue weighted by Crippen LogP contribution is 2.30. The maximum absolute atomic E-state index is 8.55. The highest BCUT2D eigenvalue weighted by Gasteiger charge is 2.04. The first kappa shape index (κ1) is 7.76. The molecule has 0 aliphatic heterocycles. The minimum Gasteiger partial charge on any atom is -0.411 e. The van der Waals surface area contributed by atoms with Crippen molar-refractivity contribution < 1.29 is 5.21 Å². The Balaban J connectivity index is 2.58. The van der Waals surface area contributed by atoms with E-state index >= 15 is 0 Å². The maximum Gasteiger partial charge on any atom is 0.0937 e. The summed E-state index contributed by atoms with van der Waals surface area (Å²) in [4.78, 5) is 1.04. The SMILES string of the molecule is C/C(=N/O)c1cc2ccsc2s1. The van der Waals surface area contributed by atoms with E-state index in [4.69, 9.17) is 5.21 Å². The van der Waals surface area contributed by atoms with Gasteiger partial charge in [0.05, 0.1) is 14.6 Å². The molecule has 2 nitrogen and oxygen atoms in total. The number of nitrogens with zero attached hydrogens (tertiary/aromatic N) is 1. The lowest BCUT2D eigenvalue weighted by molar-refractivity contribution is 0.319. The lowest BCUT2D eigenvalue weighted by atomic mass is 10.3. The Hall–Kier alpha value is -0.870. The molecule has 12 heavy (non-hydrogen) atoms. The van der Waals surface area contributed by atoms with E-state index in [0.717, 1.165) is 4.88 Å². The van der Waals surface area contributed by atoms with Gasteiger partial charge in [0.2, 0.25) is 0 Å². The third-order valence-corrected chi connectivity index (χ3v) is 3.97. The van der Waals surface area contributed by atoms with Crippen molar-refractivity contribution in [1.82, 2.24) is 0 Å². The Labute approximate surface area is 77.8 Å². The van der Waals surface area contributed by atoms with Crippen LogP contribution in [-0.2, 0) is 0 Å². The molecule has 0 saturated heterocycles. The smallest absolute Gasteiger partial charge is 0.0937 e. The monoisotopic (exact) mass is 197 g/mol. The molecule has 0 atom stereocenters. The second-order valence-corrected chi connectivity index (χ2v) is 4.69. The summed E-state index contributed by atoms with van der Waals surface area (Å²) in [6, 6.07) is 4.12. The van der Waals surface area contributed by atoms with Gasteiger partial charge in [0, 0.05) is 5.39 Å². The molecule has 0 unspecified atom stereocenters. The van der Waals surface area contributed by atoms with Gasteiger partial charge in [0.1, 0.15) is 0 Å². The predicted octanol–water partition coefficient (Wildman–Crippen LogP) is 3.16. The molecule has 1 N–H and O–H groups in total. The van der Waals surface area contributed by atoms with E-state index in [9.17, 15) is 0 Å². The molecule has 62 valence electrons. The van der Waals surface area contributed by atoms with Crippen LogP contribution in [0.4, 0.5) is 0 Å². The lowest BCUT2D eigenvalue weighted by Crippen LogP contribution is -1.87. The molecule has 0 aliphatic carbocycles. The van der Waals surface area contributed by atoms with Crippen molar-refractivity contribution in [2.24, 2.45) is 5.16 Å². The maximum atomic E-state index is 8.55. The first-order chi connectivity index (χ1) is 5.81. The molecule has 0 aliphatic rings. The van der Waals surface area contributed by atoms with Crippen LogP contribution >= 0.6 is 22.7 Å². The fourth-order valence-corrected chi connectivity index (χ4v) is 3.04. The lowest BCUT2D eigenvalue weighted by Gasteiger charge is -1.87. The molecular formula is C8H7NOS2. The summed E-state index contributed by atoms with van der Waals surface area (Å²) in [5.41, 5.74) is 0.684. The Bertz CT molecular complexity index is 398. The predicted molar refractivity (Wildman–Crippen MR) is 53.7 cm³/mol. The molecule has 0 spiro atoms. The Morgan fingerprint density at radius 1 is 1.58 bits per heavy atom. The van der Waals surface area contributed by atoms with Gasteiger partial charge in [-0.3, -0.25) is 0 Å². The zero-order valence-corrected chi connectivity index (χ0v) is 8.08. The standard InChI is InChI=1S/C8H7NOS2/c1-5(9-10)7-4-6-2-3-11-8(6)12-7/h2-4,10H,1H3/b9-5-. The van der Waals surface area contributed by atoms with E-state index in [1.165, 1.54) is 9.40 Å². The van der Waals surface area contributed by atoms with Gasteiger partial charge in [-0.1, -0.05) is 5.16 Å². The summed E-state index contributed by atoms with van der Waals surface area (Å²) >= 11 is 3.38. The molecule has 0 amide bonds. The van der Waals surface area contributed by atoms with Crippen molar-refractivity contribution in [2.45, 2.75) is 6.92 Å². The second-order valence-electron chi connectivity index (χ2n) is 2.46. The van der Waals surface area contributed by atoms with Gasteiger partial charge in [-0.15, -0.1) is 22.7 Å². The van der Waals surface area contributed by atoms with Crippen LogP contribution in [0.5, 0.6) is 0 Å². The molecule has 2 aromatic heterocycles. The number of hydrogen-bond acceptors (Lipinski definition) is 4. The summed E-state index contributed by atoms with van der Waals surface area (Å²) in [6.45, 7) is 1.80. The molecule has 2 rings (SSSR count). The summed E-state index contributed by atoms with van der Waals surface area (Å²) in [5.74, 6) is 0. The average Bonchev–Trinajstić information content (AvgIpc) is 2.60. The largest absolute Gasteiger partial charge is 0.411 e. The zero-order valence-electron chi connectivity index (χ0n) is 6.44. The van der Waals surface area contributed by atoms with Crippen molar-refractivity contribution in [3.05, 3.63) is 22.4 Å².